The Morgan fingerprint density at radius 1 is 0.912 bits per heavy atom. The molecule has 2 heterocycles. The fourth-order valence-corrected chi connectivity index (χ4v) is 4.81. The van der Waals surface area contributed by atoms with Crippen molar-refractivity contribution in [3.8, 4) is 28.4 Å². The number of ether oxygens (including phenoxy) is 1. The number of pyridine rings is 1. The Morgan fingerprint density at radius 3 is 2.12 bits per heavy atom. The smallest absolute Gasteiger partial charge is 0.296 e. The third kappa shape index (κ3) is 4.82. The van der Waals surface area contributed by atoms with Crippen molar-refractivity contribution in [2.75, 3.05) is 0 Å². The van der Waals surface area contributed by atoms with Crippen LogP contribution in [0.2, 0.25) is 5.02 Å². The molecule has 1 saturated carbocycles. The molecule has 6 heteroatoms. The topological polar surface area (TPSA) is 71.0 Å². The van der Waals surface area contributed by atoms with Crippen LogP contribution in [0.15, 0.2) is 54.6 Å². The van der Waals surface area contributed by atoms with Crippen LogP contribution in [0.5, 0.6) is 6.01 Å². The normalized spacial score (nSPS) is 18.9. The first kappa shape index (κ1) is 22.9. The van der Waals surface area contributed by atoms with Crippen LogP contribution in [0.4, 0.5) is 0 Å². The maximum atomic E-state index is 10.2. The molecule has 0 bridgehead atoms. The number of hydrogen-bond acceptors (Lipinski definition) is 4. The zero-order valence-corrected chi connectivity index (χ0v) is 20.6. The number of hydrogen-bond donors (Lipinski definition) is 2. The van der Waals surface area contributed by atoms with Crippen LogP contribution in [0.25, 0.3) is 33.5 Å². The van der Waals surface area contributed by atoms with E-state index in [1.807, 2.05) is 42.5 Å². The van der Waals surface area contributed by atoms with Crippen molar-refractivity contribution in [1.82, 2.24) is 15.0 Å². The van der Waals surface area contributed by atoms with Gasteiger partial charge < -0.3 is 14.8 Å². The second kappa shape index (κ2) is 9.05. The van der Waals surface area contributed by atoms with E-state index in [-0.39, 0.29) is 6.10 Å². The van der Waals surface area contributed by atoms with Gasteiger partial charge in [0.05, 0.1) is 21.8 Å². The van der Waals surface area contributed by atoms with Crippen LogP contribution in [0.3, 0.4) is 0 Å². The molecule has 2 aromatic heterocycles. The molecule has 34 heavy (non-hydrogen) atoms. The molecule has 0 aliphatic heterocycles. The van der Waals surface area contributed by atoms with Crippen molar-refractivity contribution in [3.05, 3.63) is 65.2 Å². The SMILES string of the molecule is CC1CCC(Oc2nc3nc(-c4ccc(-c5ccc(C(C)(C)O)cc5)cc4)c(Cl)cc3[nH]2)CC1. The number of aliphatic hydroxyl groups is 1. The summed E-state index contributed by atoms with van der Waals surface area (Å²) in [5, 5.41) is 10.7. The third-order valence-electron chi connectivity index (χ3n) is 6.73. The number of fused-ring (bicyclic) bond motifs is 1. The van der Waals surface area contributed by atoms with Crippen LogP contribution in [-0.4, -0.2) is 26.2 Å². The van der Waals surface area contributed by atoms with Crippen molar-refractivity contribution >= 4 is 22.8 Å². The van der Waals surface area contributed by atoms with Gasteiger partial charge in [-0.15, -0.1) is 0 Å². The molecule has 2 N–H and O–H groups in total. The Morgan fingerprint density at radius 2 is 1.50 bits per heavy atom. The van der Waals surface area contributed by atoms with Gasteiger partial charge in [-0.25, -0.2) is 4.98 Å². The predicted molar refractivity (Wildman–Crippen MR) is 137 cm³/mol. The molecule has 0 atom stereocenters. The fraction of sp³-hybridized carbons (Fsp3) is 0.357. The number of benzene rings is 2. The summed E-state index contributed by atoms with van der Waals surface area (Å²) < 4.78 is 6.10. The Bertz CT molecular complexity index is 1280. The van der Waals surface area contributed by atoms with E-state index >= 15 is 0 Å². The number of H-pyrrole nitrogens is 1. The molecule has 2 aromatic carbocycles. The summed E-state index contributed by atoms with van der Waals surface area (Å²) in [5.74, 6) is 0.775. The molecular formula is C28H30ClN3O2. The maximum absolute atomic E-state index is 10.2. The summed E-state index contributed by atoms with van der Waals surface area (Å²) in [4.78, 5) is 12.5. The Hall–Kier alpha value is -2.89. The molecule has 0 amide bonds. The number of imidazole rings is 1. The summed E-state index contributed by atoms with van der Waals surface area (Å²) in [6, 6.07) is 18.5. The van der Waals surface area contributed by atoms with E-state index in [9.17, 15) is 5.11 Å². The lowest BCUT2D eigenvalue weighted by molar-refractivity contribution is 0.0786. The Balaban J connectivity index is 1.36. The van der Waals surface area contributed by atoms with Crippen molar-refractivity contribution in [2.24, 2.45) is 5.92 Å². The average molecular weight is 476 g/mol. The average Bonchev–Trinajstić information content (AvgIpc) is 3.20. The number of rotatable bonds is 5. The van der Waals surface area contributed by atoms with E-state index in [2.05, 4.69) is 29.0 Å². The highest BCUT2D eigenvalue weighted by molar-refractivity contribution is 6.33. The van der Waals surface area contributed by atoms with Crippen LogP contribution in [-0.2, 0) is 5.60 Å². The van der Waals surface area contributed by atoms with Crippen molar-refractivity contribution in [3.63, 3.8) is 0 Å². The molecule has 4 aromatic rings. The lowest BCUT2D eigenvalue weighted by atomic mass is 9.89. The molecule has 1 fully saturated rings. The van der Waals surface area contributed by atoms with E-state index in [0.29, 0.717) is 22.4 Å². The first-order chi connectivity index (χ1) is 16.3. The number of nitrogens with one attached hydrogen (secondary N) is 1. The Labute approximate surface area is 205 Å². The first-order valence-electron chi connectivity index (χ1n) is 11.9. The summed E-state index contributed by atoms with van der Waals surface area (Å²) >= 11 is 6.60. The molecule has 0 spiro atoms. The van der Waals surface area contributed by atoms with Gasteiger partial charge in [0.1, 0.15) is 6.10 Å². The number of halogens is 1. The van der Waals surface area contributed by atoms with Gasteiger partial charge >= 0.3 is 0 Å². The highest BCUT2D eigenvalue weighted by atomic mass is 35.5. The molecule has 176 valence electrons. The van der Waals surface area contributed by atoms with E-state index in [4.69, 9.17) is 21.3 Å². The largest absolute Gasteiger partial charge is 0.461 e. The third-order valence-corrected chi connectivity index (χ3v) is 7.02. The standard InChI is InChI=1S/C28H30ClN3O2/c1-17-4-14-22(15-5-17)34-27-30-24-16-23(29)25(31-26(24)32-27)20-8-6-18(7-9-20)19-10-12-21(13-11-19)28(2,3)33/h6-13,16-17,22,33H,4-5,14-15H2,1-3H3,(H,30,31,32). The van der Waals surface area contributed by atoms with Crippen molar-refractivity contribution < 1.29 is 9.84 Å². The molecule has 0 unspecified atom stereocenters. The van der Waals surface area contributed by atoms with Gasteiger partial charge in [0.15, 0.2) is 5.65 Å². The van der Waals surface area contributed by atoms with Gasteiger partial charge in [-0.3, -0.25) is 0 Å². The minimum absolute atomic E-state index is 0.205. The van der Waals surface area contributed by atoms with Crippen LogP contribution in [0.1, 0.15) is 52.0 Å². The number of aromatic amines is 1. The van der Waals surface area contributed by atoms with Crippen molar-refractivity contribution in [2.45, 2.75) is 58.2 Å². The Kier molecular flexibility index (Phi) is 6.09. The minimum Gasteiger partial charge on any atom is -0.461 e. The second-order valence-electron chi connectivity index (χ2n) is 9.95. The zero-order valence-electron chi connectivity index (χ0n) is 19.8. The molecule has 1 aliphatic rings. The lowest BCUT2D eigenvalue weighted by Crippen LogP contribution is -2.23. The summed E-state index contributed by atoms with van der Waals surface area (Å²) in [6.07, 6.45) is 4.71. The van der Waals surface area contributed by atoms with E-state index in [1.165, 1.54) is 12.8 Å². The van der Waals surface area contributed by atoms with E-state index < -0.39 is 5.60 Å². The highest BCUT2D eigenvalue weighted by Gasteiger charge is 2.21. The lowest BCUT2D eigenvalue weighted by Gasteiger charge is -2.25. The quantitative estimate of drug-likeness (QED) is 0.322. The van der Waals surface area contributed by atoms with Crippen molar-refractivity contribution in [1.29, 1.82) is 0 Å². The summed E-state index contributed by atoms with van der Waals surface area (Å²) in [6.45, 7) is 5.87. The molecular weight excluding hydrogens is 446 g/mol. The van der Waals surface area contributed by atoms with Crippen LogP contribution in [0, 0.1) is 5.92 Å². The molecule has 0 saturated heterocycles. The molecule has 5 nitrogen and oxygen atoms in total. The summed E-state index contributed by atoms with van der Waals surface area (Å²) in [5.41, 5.74) is 5.20. The molecule has 0 radical (unpaired) electrons. The highest BCUT2D eigenvalue weighted by Crippen LogP contribution is 2.32. The van der Waals surface area contributed by atoms with Gasteiger partial charge in [0.25, 0.3) is 6.01 Å². The van der Waals surface area contributed by atoms with Gasteiger partial charge in [-0.2, -0.15) is 4.98 Å². The monoisotopic (exact) mass is 475 g/mol. The summed E-state index contributed by atoms with van der Waals surface area (Å²) in [7, 11) is 0. The van der Waals surface area contributed by atoms with E-state index in [1.54, 1.807) is 13.8 Å². The number of aromatic nitrogens is 3. The van der Waals surface area contributed by atoms with Gasteiger partial charge in [-0.05, 0) is 68.2 Å². The first-order valence-corrected chi connectivity index (χ1v) is 12.3. The van der Waals surface area contributed by atoms with Gasteiger partial charge in [0.2, 0.25) is 0 Å². The zero-order chi connectivity index (χ0) is 23.9. The number of nitrogens with zero attached hydrogens (tertiary/aromatic N) is 2. The second-order valence-corrected chi connectivity index (χ2v) is 10.4. The minimum atomic E-state index is -0.852. The fourth-order valence-electron chi connectivity index (χ4n) is 4.55. The maximum Gasteiger partial charge on any atom is 0.296 e. The van der Waals surface area contributed by atoms with Crippen LogP contribution >= 0.6 is 11.6 Å². The van der Waals surface area contributed by atoms with Crippen LogP contribution < -0.4 is 4.74 Å². The van der Waals surface area contributed by atoms with Gasteiger partial charge in [0, 0.05) is 5.56 Å². The molecule has 1 aliphatic carbocycles. The van der Waals surface area contributed by atoms with E-state index in [0.717, 1.165) is 46.5 Å². The predicted octanol–water partition coefficient (Wildman–Crippen LogP) is 7.13. The van der Waals surface area contributed by atoms with Gasteiger partial charge in [-0.1, -0.05) is 67.1 Å². The molecule has 5 rings (SSSR count).